The van der Waals surface area contributed by atoms with Crippen molar-refractivity contribution in [3.05, 3.63) is 41.2 Å². The molecule has 0 saturated heterocycles. The molecule has 0 aliphatic carbocycles. The summed E-state index contributed by atoms with van der Waals surface area (Å²) in [5.74, 6) is 0. The molecule has 0 fully saturated rings. The van der Waals surface area contributed by atoms with Gasteiger partial charge >= 0.3 is 0 Å². The summed E-state index contributed by atoms with van der Waals surface area (Å²) >= 11 is 5.94. The van der Waals surface area contributed by atoms with E-state index >= 15 is 0 Å². The van der Waals surface area contributed by atoms with Crippen LogP contribution in [0.3, 0.4) is 0 Å². The van der Waals surface area contributed by atoms with Gasteiger partial charge in [-0.05, 0) is 32.0 Å². The van der Waals surface area contributed by atoms with E-state index in [1.165, 1.54) is 0 Å². The molecule has 4 nitrogen and oxygen atoms in total. The molecule has 1 heterocycles. The highest BCUT2D eigenvalue weighted by atomic mass is 35.5. The zero-order chi connectivity index (χ0) is 12.5. The van der Waals surface area contributed by atoms with E-state index in [9.17, 15) is 5.11 Å². The molecule has 2 rings (SSSR count). The zero-order valence-electron chi connectivity index (χ0n) is 9.76. The molecule has 0 atom stereocenters. The Morgan fingerprint density at radius 2 is 2.18 bits per heavy atom. The Kier molecular flexibility index (Phi) is 3.17. The Bertz CT molecular complexity index is 516. The van der Waals surface area contributed by atoms with Crippen LogP contribution in [0.5, 0.6) is 0 Å². The van der Waals surface area contributed by atoms with Crippen LogP contribution in [0.25, 0.3) is 5.69 Å². The zero-order valence-corrected chi connectivity index (χ0v) is 10.5. The van der Waals surface area contributed by atoms with Crippen molar-refractivity contribution in [2.45, 2.75) is 25.9 Å². The lowest BCUT2D eigenvalue weighted by molar-refractivity contribution is 0.0793. The minimum atomic E-state index is -0.794. The van der Waals surface area contributed by atoms with Crippen LogP contribution in [0.4, 0.5) is 0 Å². The lowest BCUT2D eigenvalue weighted by atomic mass is 10.0. The van der Waals surface area contributed by atoms with Gasteiger partial charge in [-0.2, -0.15) is 0 Å². The second-order valence-corrected chi connectivity index (χ2v) is 5.04. The molecule has 0 radical (unpaired) electrons. The fourth-order valence-electron chi connectivity index (χ4n) is 1.65. The highest BCUT2D eigenvalue weighted by Gasteiger charge is 2.17. The van der Waals surface area contributed by atoms with E-state index in [1.807, 2.05) is 18.2 Å². The van der Waals surface area contributed by atoms with Gasteiger partial charge in [-0.15, -0.1) is 5.10 Å². The molecule has 0 aliphatic rings. The fourth-order valence-corrected chi connectivity index (χ4v) is 1.83. The Morgan fingerprint density at radius 3 is 2.82 bits per heavy atom. The van der Waals surface area contributed by atoms with Gasteiger partial charge in [-0.3, -0.25) is 0 Å². The summed E-state index contributed by atoms with van der Waals surface area (Å²) in [4.78, 5) is 0. The molecule has 17 heavy (non-hydrogen) atoms. The van der Waals surface area contributed by atoms with Crippen molar-refractivity contribution in [2.75, 3.05) is 0 Å². The van der Waals surface area contributed by atoms with Crippen LogP contribution in [0.2, 0.25) is 5.02 Å². The van der Waals surface area contributed by atoms with E-state index in [0.717, 1.165) is 11.4 Å². The van der Waals surface area contributed by atoms with Crippen molar-refractivity contribution in [3.63, 3.8) is 0 Å². The standard InChI is InChI=1S/C12H14ClN3O/c1-12(2,17)7-11-8-14-15-16(11)10-5-3-4-9(13)6-10/h3-6,8,17H,7H2,1-2H3. The van der Waals surface area contributed by atoms with Gasteiger partial charge in [-0.25, -0.2) is 4.68 Å². The summed E-state index contributed by atoms with van der Waals surface area (Å²) < 4.78 is 1.68. The van der Waals surface area contributed by atoms with Crippen LogP contribution in [0.15, 0.2) is 30.5 Å². The number of aliphatic hydroxyl groups is 1. The van der Waals surface area contributed by atoms with Gasteiger partial charge in [0, 0.05) is 11.4 Å². The maximum absolute atomic E-state index is 9.82. The first kappa shape index (κ1) is 12.1. The number of halogens is 1. The molecule has 5 heteroatoms. The average Bonchev–Trinajstić information content (AvgIpc) is 2.63. The molecule has 1 aromatic heterocycles. The van der Waals surface area contributed by atoms with Crippen molar-refractivity contribution in [3.8, 4) is 5.69 Å². The predicted octanol–water partition coefficient (Wildman–Crippen LogP) is 2.23. The Morgan fingerprint density at radius 1 is 1.41 bits per heavy atom. The highest BCUT2D eigenvalue weighted by Crippen LogP contribution is 2.18. The summed E-state index contributed by atoms with van der Waals surface area (Å²) in [6.45, 7) is 3.50. The largest absolute Gasteiger partial charge is 0.390 e. The first-order chi connectivity index (χ1) is 7.96. The van der Waals surface area contributed by atoms with E-state index in [1.54, 1.807) is 30.8 Å². The van der Waals surface area contributed by atoms with Crippen molar-refractivity contribution in [1.82, 2.24) is 15.0 Å². The van der Waals surface area contributed by atoms with Crippen LogP contribution in [0, 0.1) is 0 Å². The number of rotatable bonds is 3. The summed E-state index contributed by atoms with van der Waals surface area (Å²) in [6, 6.07) is 7.36. The Labute approximate surface area is 105 Å². The molecule has 0 unspecified atom stereocenters. The molecule has 0 amide bonds. The quantitative estimate of drug-likeness (QED) is 0.910. The lowest BCUT2D eigenvalue weighted by Crippen LogP contribution is -2.23. The van der Waals surface area contributed by atoms with E-state index in [2.05, 4.69) is 10.3 Å². The molecule has 2 aromatic rings. The van der Waals surface area contributed by atoms with Crippen LogP contribution in [0.1, 0.15) is 19.5 Å². The van der Waals surface area contributed by atoms with E-state index in [4.69, 9.17) is 11.6 Å². The molecular weight excluding hydrogens is 238 g/mol. The van der Waals surface area contributed by atoms with Crippen LogP contribution in [-0.2, 0) is 6.42 Å². The third-order valence-corrected chi connectivity index (χ3v) is 2.52. The van der Waals surface area contributed by atoms with E-state index in [-0.39, 0.29) is 0 Å². The highest BCUT2D eigenvalue weighted by molar-refractivity contribution is 6.30. The monoisotopic (exact) mass is 251 g/mol. The fraction of sp³-hybridized carbons (Fsp3) is 0.333. The maximum Gasteiger partial charge on any atom is 0.0730 e. The third-order valence-electron chi connectivity index (χ3n) is 2.29. The molecule has 0 saturated carbocycles. The molecule has 0 bridgehead atoms. The smallest absolute Gasteiger partial charge is 0.0730 e. The number of aromatic nitrogens is 3. The van der Waals surface area contributed by atoms with E-state index in [0.29, 0.717) is 11.4 Å². The number of nitrogens with zero attached hydrogens (tertiary/aromatic N) is 3. The predicted molar refractivity (Wildman–Crippen MR) is 66.4 cm³/mol. The second-order valence-electron chi connectivity index (χ2n) is 4.61. The minimum absolute atomic E-state index is 0.479. The van der Waals surface area contributed by atoms with Gasteiger partial charge in [-0.1, -0.05) is 22.9 Å². The third kappa shape index (κ3) is 3.05. The summed E-state index contributed by atoms with van der Waals surface area (Å²) in [5, 5.41) is 18.3. The molecule has 90 valence electrons. The number of benzene rings is 1. The van der Waals surface area contributed by atoms with Gasteiger partial charge < -0.3 is 5.11 Å². The number of hydrogen-bond donors (Lipinski definition) is 1. The van der Waals surface area contributed by atoms with Crippen LogP contribution >= 0.6 is 11.6 Å². The van der Waals surface area contributed by atoms with Gasteiger partial charge in [0.05, 0.1) is 23.2 Å². The van der Waals surface area contributed by atoms with Gasteiger partial charge in [0.25, 0.3) is 0 Å². The van der Waals surface area contributed by atoms with Gasteiger partial charge in [0.1, 0.15) is 0 Å². The summed E-state index contributed by atoms with van der Waals surface area (Å²) in [6.07, 6.45) is 2.13. The average molecular weight is 252 g/mol. The first-order valence-electron chi connectivity index (χ1n) is 5.34. The van der Waals surface area contributed by atoms with Crippen molar-refractivity contribution in [2.24, 2.45) is 0 Å². The van der Waals surface area contributed by atoms with Crippen molar-refractivity contribution in [1.29, 1.82) is 0 Å². The SMILES string of the molecule is CC(C)(O)Cc1cnnn1-c1cccc(Cl)c1. The summed E-state index contributed by atoms with van der Waals surface area (Å²) in [7, 11) is 0. The topological polar surface area (TPSA) is 50.9 Å². The maximum atomic E-state index is 9.82. The molecule has 0 aliphatic heterocycles. The molecular formula is C12H14ClN3O. The molecule has 1 aromatic carbocycles. The van der Waals surface area contributed by atoms with Crippen LogP contribution < -0.4 is 0 Å². The molecule has 1 N–H and O–H groups in total. The Hall–Kier alpha value is -1.39. The van der Waals surface area contributed by atoms with Gasteiger partial charge in [0.15, 0.2) is 0 Å². The second kappa shape index (κ2) is 4.47. The molecule has 0 spiro atoms. The van der Waals surface area contributed by atoms with Crippen molar-refractivity contribution < 1.29 is 5.11 Å². The van der Waals surface area contributed by atoms with Crippen LogP contribution in [-0.4, -0.2) is 25.7 Å². The first-order valence-corrected chi connectivity index (χ1v) is 5.71. The lowest BCUT2D eigenvalue weighted by Gasteiger charge is -2.17. The van der Waals surface area contributed by atoms with Gasteiger partial charge in [0.2, 0.25) is 0 Å². The Balaban J connectivity index is 2.37. The van der Waals surface area contributed by atoms with E-state index < -0.39 is 5.60 Å². The minimum Gasteiger partial charge on any atom is -0.390 e. The number of hydrogen-bond acceptors (Lipinski definition) is 3. The normalized spacial score (nSPS) is 11.8. The van der Waals surface area contributed by atoms with Crippen molar-refractivity contribution >= 4 is 11.6 Å². The summed E-state index contributed by atoms with van der Waals surface area (Å²) in [5.41, 5.74) is 0.895.